The third-order valence-electron chi connectivity index (χ3n) is 4.07. The molecule has 0 atom stereocenters. The number of thiophene rings is 1. The van der Waals surface area contributed by atoms with Crippen LogP contribution in [0.4, 0.5) is 5.82 Å². The van der Waals surface area contributed by atoms with Gasteiger partial charge in [-0.15, -0.1) is 11.3 Å². The van der Waals surface area contributed by atoms with Gasteiger partial charge < -0.3 is 21.3 Å². The molecule has 10 heteroatoms. The Morgan fingerprint density at radius 2 is 2.00 bits per heavy atom. The zero-order valence-corrected chi connectivity index (χ0v) is 19.1. The van der Waals surface area contributed by atoms with Crippen molar-refractivity contribution in [3.63, 3.8) is 0 Å². The van der Waals surface area contributed by atoms with Gasteiger partial charge in [-0.2, -0.15) is 5.26 Å². The molecule has 31 heavy (non-hydrogen) atoms. The predicted molar refractivity (Wildman–Crippen MR) is 128 cm³/mol. The monoisotopic (exact) mass is 474 g/mol. The summed E-state index contributed by atoms with van der Waals surface area (Å²) in [6.45, 7) is 1.44. The zero-order valence-electron chi connectivity index (χ0n) is 16.7. The Kier molecular flexibility index (Phi) is 8.85. The minimum Gasteiger partial charge on any atom is -0.403 e. The summed E-state index contributed by atoms with van der Waals surface area (Å²) in [7, 11) is 1.78. The molecule has 0 amide bonds. The maximum Gasteiger partial charge on any atom is 0.126 e. The van der Waals surface area contributed by atoms with Crippen LogP contribution in [-0.2, 0) is 4.79 Å². The molecule has 0 radical (unpaired) electrons. The second kappa shape index (κ2) is 11.3. The normalized spacial score (nSPS) is 10.5. The van der Waals surface area contributed by atoms with Crippen LogP contribution in [0.25, 0.3) is 27.3 Å². The van der Waals surface area contributed by atoms with Crippen molar-refractivity contribution in [2.24, 2.45) is 11.6 Å². The zero-order chi connectivity index (χ0) is 23.0. The molecule has 0 aliphatic carbocycles. The molecule has 0 saturated carbocycles. The van der Waals surface area contributed by atoms with Crippen LogP contribution in [0, 0.1) is 11.3 Å². The summed E-state index contributed by atoms with van der Waals surface area (Å²) < 4.78 is 0. The predicted octanol–water partition coefficient (Wildman–Crippen LogP) is 4.62. The van der Waals surface area contributed by atoms with E-state index in [1.807, 2.05) is 12.1 Å². The average Bonchev–Trinajstić information content (AvgIpc) is 3.14. The van der Waals surface area contributed by atoms with Crippen molar-refractivity contribution < 1.29 is 4.79 Å². The van der Waals surface area contributed by atoms with E-state index >= 15 is 0 Å². The SMILES string of the molecule is CC=O.CNc1cc(-c2sc(/C(=C/N)NN)c(-c3ccc(Cl)cc3Cl)c2C#N)ccn1. The fraction of sp³-hybridized carbons (Fsp3) is 0.0952. The van der Waals surface area contributed by atoms with Crippen LogP contribution in [0.1, 0.15) is 17.4 Å². The summed E-state index contributed by atoms with van der Waals surface area (Å²) >= 11 is 13.9. The summed E-state index contributed by atoms with van der Waals surface area (Å²) in [6, 6.07) is 11.1. The highest BCUT2D eigenvalue weighted by Crippen LogP contribution is 2.46. The number of rotatable bonds is 5. The number of hydrazine groups is 1. The van der Waals surface area contributed by atoms with Crippen molar-refractivity contribution >= 4 is 52.3 Å². The third-order valence-corrected chi connectivity index (χ3v) is 5.89. The molecular weight excluding hydrogens is 455 g/mol. The van der Waals surface area contributed by atoms with Crippen molar-refractivity contribution in [3.8, 4) is 27.6 Å². The second-order valence-corrected chi connectivity index (χ2v) is 7.75. The summed E-state index contributed by atoms with van der Waals surface area (Å²) in [4.78, 5) is 14.5. The Morgan fingerprint density at radius 3 is 2.55 bits per heavy atom. The number of halogens is 2. The van der Waals surface area contributed by atoms with Gasteiger partial charge in [0.25, 0.3) is 0 Å². The first-order valence-electron chi connectivity index (χ1n) is 8.90. The van der Waals surface area contributed by atoms with Crippen LogP contribution >= 0.6 is 34.5 Å². The number of carbonyl (C=O) groups is 1. The molecule has 0 aliphatic rings. The molecule has 0 saturated heterocycles. The molecule has 0 aliphatic heterocycles. The van der Waals surface area contributed by atoms with Crippen LogP contribution in [0.5, 0.6) is 0 Å². The lowest BCUT2D eigenvalue weighted by Gasteiger charge is -2.10. The number of aldehydes is 1. The molecule has 2 aromatic heterocycles. The Bertz CT molecular complexity index is 1150. The second-order valence-electron chi connectivity index (χ2n) is 5.89. The van der Waals surface area contributed by atoms with E-state index in [1.165, 1.54) is 24.5 Å². The van der Waals surface area contributed by atoms with E-state index in [2.05, 4.69) is 21.8 Å². The van der Waals surface area contributed by atoms with Crippen LogP contribution in [0.15, 0.2) is 42.7 Å². The van der Waals surface area contributed by atoms with E-state index in [4.69, 9.17) is 39.6 Å². The number of nitrogens with two attached hydrogens (primary N) is 2. The molecule has 0 bridgehead atoms. The first-order valence-corrected chi connectivity index (χ1v) is 10.5. The summed E-state index contributed by atoms with van der Waals surface area (Å²) in [5.41, 5.74) is 11.4. The number of nitrogens with one attached hydrogen (secondary N) is 2. The molecule has 2 heterocycles. The Balaban J connectivity index is 0.00000107. The number of nitriles is 1. The number of hydrogen-bond donors (Lipinski definition) is 4. The lowest BCUT2D eigenvalue weighted by atomic mass is 9.98. The fourth-order valence-corrected chi connectivity index (χ4v) is 4.53. The van der Waals surface area contributed by atoms with Gasteiger partial charge in [-0.05, 0) is 36.8 Å². The highest BCUT2D eigenvalue weighted by atomic mass is 35.5. The summed E-state index contributed by atoms with van der Waals surface area (Å²) in [6.07, 6.45) is 3.78. The molecule has 160 valence electrons. The maximum atomic E-state index is 9.99. The number of anilines is 1. The number of carbonyl (C=O) groups excluding carboxylic acids is 1. The minimum absolute atomic E-state index is 0.425. The van der Waals surface area contributed by atoms with Crippen LogP contribution in [0.3, 0.4) is 0 Å². The first-order chi connectivity index (χ1) is 14.9. The smallest absolute Gasteiger partial charge is 0.126 e. The maximum absolute atomic E-state index is 9.99. The van der Waals surface area contributed by atoms with Gasteiger partial charge in [-0.3, -0.25) is 5.84 Å². The van der Waals surface area contributed by atoms with Crippen LogP contribution < -0.4 is 22.3 Å². The third kappa shape index (κ3) is 5.34. The van der Waals surface area contributed by atoms with Gasteiger partial charge in [0.2, 0.25) is 0 Å². The largest absolute Gasteiger partial charge is 0.403 e. The Hall–Kier alpha value is -3.09. The highest BCUT2D eigenvalue weighted by molar-refractivity contribution is 7.17. The van der Waals surface area contributed by atoms with E-state index in [1.54, 1.807) is 31.4 Å². The van der Waals surface area contributed by atoms with Gasteiger partial charge >= 0.3 is 0 Å². The minimum atomic E-state index is 0.425. The Morgan fingerprint density at radius 1 is 1.29 bits per heavy atom. The van der Waals surface area contributed by atoms with Gasteiger partial charge in [0.05, 0.1) is 21.0 Å². The molecule has 3 rings (SSSR count). The summed E-state index contributed by atoms with van der Waals surface area (Å²) in [5, 5.41) is 13.9. The van der Waals surface area contributed by atoms with E-state index in [9.17, 15) is 5.26 Å². The van der Waals surface area contributed by atoms with E-state index in [0.29, 0.717) is 43.1 Å². The first kappa shape index (κ1) is 24.2. The van der Waals surface area contributed by atoms with Crippen LogP contribution in [0.2, 0.25) is 10.0 Å². The lowest BCUT2D eigenvalue weighted by molar-refractivity contribution is -0.106. The molecule has 1 aromatic carbocycles. The number of benzene rings is 1. The van der Waals surface area contributed by atoms with Gasteiger partial charge in [-0.25, -0.2) is 4.98 Å². The number of pyridine rings is 1. The standard InChI is InChI=1S/C19H16Cl2N6S.C2H4O/c1-25-16-6-10(4-5-26-16)18-13(8-22)17(19(28-18)15(9-23)27-24)12-3-2-11(20)7-14(12)21;1-2-3/h2-7,9,27H,23-24H2,1H3,(H,25,26);2H,1H3/b15-9-;. The van der Waals surface area contributed by atoms with Gasteiger partial charge in [0.15, 0.2) is 0 Å². The number of aromatic nitrogens is 1. The molecular formula is C21H20Cl2N6OS. The Labute approximate surface area is 194 Å². The fourth-order valence-electron chi connectivity index (χ4n) is 2.78. The van der Waals surface area contributed by atoms with Gasteiger partial charge in [-0.1, -0.05) is 29.3 Å². The topological polar surface area (TPSA) is 130 Å². The van der Waals surface area contributed by atoms with Gasteiger partial charge in [0, 0.05) is 40.6 Å². The molecule has 0 spiro atoms. The van der Waals surface area contributed by atoms with Crippen molar-refractivity contribution in [1.29, 1.82) is 5.26 Å². The van der Waals surface area contributed by atoms with E-state index < -0.39 is 0 Å². The summed E-state index contributed by atoms with van der Waals surface area (Å²) in [5.74, 6) is 6.35. The highest BCUT2D eigenvalue weighted by Gasteiger charge is 2.24. The average molecular weight is 475 g/mol. The van der Waals surface area contributed by atoms with Gasteiger partial charge in [0.1, 0.15) is 18.2 Å². The quantitative estimate of drug-likeness (QED) is 0.241. The van der Waals surface area contributed by atoms with E-state index in [0.717, 1.165) is 16.7 Å². The van der Waals surface area contributed by atoms with Crippen LogP contribution in [-0.4, -0.2) is 18.3 Å². The van der Waals surface area contributed by atoms with Crippen molar-refractivity contribution in [3.05, 3.63) is 63.2 Å². The lowest BCUT2D eigenvalue weighted by Crippen LogP contribution is -2.20. The van der Waals surface area contributed by atoms with Crippen molar-refractivity contribution in [1.82, 2.24) is 10.4 Å². The molecule has 6 N–H and O–H groups in total. The molecule has 0 fully saturated rings. The molecule has 3 aromatic rings. The van der Waals surface area contributed by atoms with Crippen molar-refractivity contribution in [2.75, 3.05) is 12.4 Å². The van der Waals surface area contributed by atoms with Crippen molar-refractivity contribution in [2.45, 2.75) is 6.92 Å². The molecule has 7 nitrogen and oxygen atoms in total. The van der Waals surface area contributed by atoms with E-state index in [-0.39, 0.29) is 0 Å². The number of hydrogen-bond acceptors (Lipinski definition) is 8. The molecule has 0 unspecified atom stereocenters. The number of nitrogens with zero attached hydrogens (tertiary/aromatic N) is 2.